The smallest absolute Gasteiger partial charge is 0.133 e. The number of hydrogen-bond acceptors (Lipinski definition) is 2. The summed E-state index contributed by atoms with van der Waals surface area (Å²) in [6, 6.07) is 12.0. The van der Waals surface area contributed by atoms with Gasteiger partial charge in [-0.1, -0.05) is 36.7 Å². The highest BCUT2D eigenvalue weighted by Gasteiger charge is 2.10. The van der Waals surface area contributed by atoms with Gasteiger partial charge in [-0.2, -0.15) is 0 Å². The number of benzene rings is 2. The molecule has 0 saturated carbocycles. The van der Waals surface area contributed by atoms with E-state index in [-0.39, 0.29) is 0 Å². The Morgan fingerprint density at radius 1 is 1.10 bits per heavy atom. The second-order valence-electron chi connectivity index (χ2n) is 5.26. The molecule has 1 N–H and O–H groups in total. The van der Waals surface area contributed by atoms with Crippen molar-refractivity contribution in [3.8, 4) is 11.5 Å². The van der Waals surface area contributed by atoms with Crippen LogP contribution in [0, 0.1) is 13.8 Å². The minimum Gasteiger partial charge on any atom is -0.457 e. The summed E-state index contributed by atoms with van der Waals surface area (Å²) in [4.78, 5) is 0. The monoisotopic (exact) mass is 303 g/mol. The maximum atomic E-state index is 6.33. The lowest BCUT2D eigenvalue weighted by atomic mass is 10.1. The van der Waals surface area contributed by atoms with Gasteiger partial charge in [-0.3, -0.25) is 0 Å². The topological polar surface area (TPSA) is 21.3 Å². The highest BCUT2D eigenvalue weighted by Crippen LogP contribution is 2.32. The van der Waals surface area contributed by atoms with Crippen LogP contribution in [0.4, 0.5) is 0 Å². The van der Waals surface area contributed by atoms with E-state index in [4.69, 9.17) is 16.3 Å². The first kappa shape index (κ1) is 15.9. The molecule has 0 radical (unpaired) electrons. The molecule has 0 aliphatic rings. The van der Waals surface area contributed by atoms with Gasteiger partial charge in [0.2, 0.25) is 0 Å². The molecular weight excluding hydrogens is 282 g/mol. The summed E-state index contributed by atoms with van der Waals surface area (Å²) in [6.45, 7) is 7.94. The minimum atomic E-state index is 0.716. The van der Waals surface area contributed by atoms with Crippen LogP contribution in [0.3, 0.4) is 0 Å². The third-order valence-electron chi connectivity index (χ3n) is 3.37. The van der Waals surface area contributed by atoms with Crippen LogP contribution in [0.5, 0.6) is 11.5 Å². The molecule has 0 aliphatic heterocycles. The fraction of sp³-hybridized carbons (Fsp3) is 0.333. The first-order chi connectivity index (χ1) is 10.1. The molecule has 2 rings (SSSR count). The lowest BCUT2D eigenvalue weighted by Gasteiger charge is -2.15. The largest absolute Gasteiger partial charge is 0.457 e. The molecule has 0 heterocycles. The van der Waals surface area contributed by atoms with Gasteiger partial charge in [0.05, 0.1) is 0 Å². The molecule has 0 bridgehead atoms. The molecule has 0 amide bonds. The van der Waals surface area contributed by atoms with E-state index in [1.165, 1.54) is 5.56 Å². The van der Waals surface area contributed by atoms with E-state index in [1.807, 2.05) is 25.1 Å². The predicted molar refractivity (Wildman–Crippen MR) is 89.4 cm³/mol. The molecule has 2 aromatic rings. The molecular formula is C18H22ClNO. The van der Waals surface area contributed by atoms with Crippen molar-refractivity contribution in [3.63, 3.8) is 0 Å². The number of rotatable bonds is 6. The molecule has 0 aliphatic carbocycles. The Labute approximate surface area is 132 Å². The fourth-order valence-electron chi connectivity index (χ4n) is 2.13. The fourth-order valence-corrected chi connectivity index (χ4v) is 2.36. The molecule has 21 heavy (non-hydrogen) atoms. The van der Waals surface area contributed by atoms with E-state index in [1.54, 1.807) is 0 Å². The molecule has 0 spiro atoms. The van der Waals surface area contributed by atoms with Crippen molar-refractivity contribution in [2.75, 3.05) is 6.54 Å². The molecule has 2 nitrogen and oxygen atoms in total. The second-order valence-corrected chi connectivity index (χ2v) is 5.67. The number of aryl methyl sites for hydroxylation is 2. The zero-order valence-electron chi connectivity index (χ0n) is 12.9. The Hall–Kier alpha value is -1.51. The summed E-state index contributed by atoms with van der Waals surface area (Å²) in [5.41, 5.74) is 3.31. The number of halogens is 1. The van der Waals surface area contributed by atoms with Gasteiger partial charge in [-0.25, -0.2) is 0 Å². The number of hydrogen-bond donors (Lipinski definition) is 1. The van der Waals surface area contributed by atoms with Gasteiger partial charge in [0.15, 0.2) is 0 Å². The Bertz CT molecular complexity index is 610. The zero-order chi connectivity index (χ0) is 15.2. The lowest BCUT2D eigenvalue weighted by Crippen LogP contribution is -2.14. The van der Waals surface area contributed by atoms with Crippen LogP contribution in [0.2, 0.25) is 5.02 Å². The van der Waals surface area contributed by atoms with Gasteiger partial charge in [0.25, 0.3) is 0 Å². The molecule has 0 fully saturated rings. The Morgan fingerprint density at radius 3 is 2.67 bits per heavy atom. The minimum absolute atomic E-state index is 0.716. The normalized spacial score (nSPS) is 10.7. The first-order valence-electron chi connectivity index (χ1n) is 7.35. The molecule has 0 aromatic heterocycles. The van der Waals surface area contributed by atoms with Crippen molar-refractivity contribution in [2.45, 2.75) is 33.7 Å². The molecule has 2 aromatic carbocycles. The highest BCUT2D eigenvalue weighted by atomic mass is 35.5. The summed E-state index contributed by atoms with van der Waals surface area (Å²) in [6.07, 6.45) is 1.09. The zero-order valence-corrected chi connectivity index (χ0v) is 13.6. The van der Waals surface area contributed by atoms with Gasteiger partial charge in [-0.05, 0) is 56.1 Å². The summed E-state index contributed by atoms with van der Waals surface area (Å²) >= 11 is 6.33. The van der Waals surface area contributed by atoms with Gasteiger partial charge in [-0.15, -0.1) is 0 Å². The average molecular weight is 304 g/mol. The highest BCUT2D eigenvalue weighted by molar-refractivity contribution is 6.31. The second kappa shape index (κ2) is 7.48. The summed E-state index contributed by atoms with van der Waals surface area (Å²) in [7, 11) is 0. The van der Waals surface area contributed by atoms with Crippen LogP contribution >= 0.6 is 11.6 Å². The van der Waals surface area contributed by atoms with Crippen molar-refractivity contribution in [2.24, 2.45) is 0 Å². The predicted octanol–water partition coefficient (Wildman–Crippen LogP) is 5.25. The van der Waals surface area contributed by atoms with Gasteiger partial charge >= 0.3 is 0 Å². The Morgan fingerprint density at radius 2 is 1.90 bits per heavy atom. The van der Waals surface area contributed by atoms with E-state index in [9.17, 15) is 0 Å². The van der Waals surface area contributed by atoms with E-state index in [0.29, 0.717) is 6.54 Å². The van der Waals surface area contributed by atoms with E-state index in [0.717, 1.165) is 40.6 Å². The van der Waals surface area contributed by atoms with Crippen LogP contribution < -0.4 is 10.1 Å². The summed E-state index contributed by atoms with van der Waals surface area (Å²) in [5, 5.41) is 4.12. The molecule has 3 heteroatoms. The third kappa shape index (κ3) is 4.23. The van der Waals surface area contributed by atoms with Crippen LogP contribution in [0.15, 0.2) is 36.4 Å². The number of ether oxygens (including phenoxy) is 1. The van der Waals surface area contributed by atoms with E-state index in [2.05, 4.69) is 37.4 Å². The van der Waals surface area contributed by atoms with Crippen molar-refractivity contribution in [1.29, 1.82) is 0 Å². The maximum Gasteiger partial charge on any atom is 0.133 e. The molecule has 0 unspecified atom stereocenters. The van der Waals surface area contributed by atoms with Crippen LogP contribution in [-0.4, -0.2) is 6.54 Å². The SMILES string of the molecule is CCCNCc1c(Cl)cccc1Oc1cc(C)ccc1C. The van der Waals surface area contributed by atoms with Crippen molar-refractivity contribution >= 4 is 11.6 Å². The maximum absolute atomic E-state index is 6.33. The first-order valence-corrected chi connectivity index (χ1v) is 7.73. The van der Waals surface area contributed by atoms with Crippen LogP contribution in [0.25, 0.3) is 0 Å². The average Bonchev–Trinajstić information content (AvgIpc) is 2.46. The summed E-state index contributed by atoms with van der Waals surface area (Å²) < 4.78 is 6.11. The Kier molecular flexibility index (Phi) is 5.66. The van der Waals surface area contributed by atoms with Gasteiger partial charge < -0.3 is 10.1 Å². The van der Waals surface area contributed by atoms with Crippen molar-refractivity contribution in [3.05, 3.63) is 58.1 Å². The van der Waals surface area contributed by atoms with Gasteiger partial charge in [0, 0.05) is 17.1 Å². The quantitative estimate of drug-likeness (QED) is 0.736. The molecule has 112 valence electrons. The Balaban J connectivity index is 2.26. The third-order valence-corrected chi connectivity index (χ3v) is 3.72. The van der Waals surface area contributed by atoms with Crippen molar-refractivity contribution in [1.82, 2.24) is 5.32 Å². The van der Waals surface area contributed by atoms with Crippen LogP contribution in [0.1, 0.15) is 30.0 Å². The van der Waals surface area contributed by atoms with Crippen molar-refractivity contribution < 1.29 is 4.74 Å². The lowest BCUT2D eigenvalue weighted by molar-refractivity contribution is 0.469. The molecule has 0 saturated heterocycles. The molecule has 0 atom stereocenters. The standard InChI is InChI=1S/C18H22ClNO/c1-4-10-20-12-15-16(19)6-5-7-17(15)21-18-11-13(2)8-9-14(18)3/h5-9,11,20H,4,10,12H2,1-3H3. The van der Waals surface area contributed by atoms with E-state index >= 15 is 0 Å². The number of nitrogens with one attached hydrogen (secondary N) is 1. The summed E-state index contributed by atoms with van der Waals surface area (Å²) in [5.74, 6) is 1.70. The van der Waals surface area contributed by atoms with Gasteiger partial charge in [0.1, 0.15) is 11.5 Å². The van der Waals surface area contributed by atoms with E-state index < -0.39 is 0 Å². The van der Waals surface area contributed by atoms with Crippen LogP contribution in [-0.2, 0) is 6.54 Å².